The van der Waals surface area contributed by atoms with Crippen LogP contribution >= 0.6 is 0 Å². The fraction of sp³-hybridized carbons (Fsp3) is 0.333. The van der Waals surface area contributed by atoms with Crippen LogP contribution in [-0.4, -0.2) is 36.4 Å². The molecule has 5 heteroatoms. The van der Waals surface area contributed by atoms with Gasteiger partial charge in [0, 0.05) is 30.9 Å². The highest BCUT2D eigenvalue weighted by atomic mass is 16.1. The third-order valence-corrected chi connectivity index (χ3v) is 4.65. The lowest BCUT2D eigenvalue weighted by Gasteiger charge is -2.19. The molecule has 0 unspecified atom stereocenters. The lowest BCUT2D eigenvalue weighted by molar-refractivity contribution is 0.0954. The molecule has 0 atom stereocenters. The van der Waals surface area contributed by atoms with E-state index in [0.717, 1.165) is 38.0 Å². The lowest BCUT2D eigenvalue weighted by atomic mass is 10.1. The molecule has 26 heavy (non-hydrogen) atoms. The van der Waals surface area contributed by atoms with Crippen molar-refractivity contribution >= 4 is 17.6 Å². The molecule has 1 aliphatic heterocycles. The number of amides is 1. The fourth-order valence-corrected chi connectivity index (χ4v) is 3.04. The number of carbonyl (C=O) groups excluding carboxylic acids is 1. The van der Waals surface area contributed by atoms with E-state index in [0.29, 0.717) is 18.1 Å². The molecule has 0 radical (unpaired) electrons. The average Bonchev–Trinajstić information content (AvgIpc) is 3.19. The summed E-state index contributed by atoms with van der Waals surface area (Å²) in [5, 5.41) is 14.1. The maximum Gasteiger partial charge on any atom is 0.251 e. The van der Waals surface area contributed by atoms with Crippen molar-refractivity contribution in [1.29, 1.82) is 5.41 Å². The number of carbonyl (C=O) groups is 1. The number of anilines is 1. The zero-order valence-electron chi connectivity index (χ0n) is 15.2. The topological polar surface area (TPSA) is 68.2 Å². The first-order valence-electron chi connectivity index (χ1n) is 9.16. The highest BCUT2D eigenvalue weighted by molar-refractivity contribution is 5.95. The molecule has 1 fully saturated rings. The SMILES string of the molecule is Cc1ccc(CCNC(=O)c2ccc(NC(=N)N3CCCC3)cc2)cc1. The van der Waals surface area contributed by atoms with Gasteiger partial charge in [-0.3, -0.25) is 10.2 Å². The molecule has 1 amide bonds. The number of guanidine groups is 1. The van der Waals surface area contributed by atoms with Crippen LogP contribution < -0.4 is 10.6 Å². The van der Waals surface area contributed by atoms with Gasteiger partial charge in [-0.1, -0.05) is 29.8 Å². The van der Waals surface area contributed by atoms with Gasteiger partial charge in [-0.25, -0.2) is 0 Å². The summed E-state index contributed by atoms with van der Waals surface area (Å²) < 4.78 is 0. The van der Waals surface area contributed by atoms with Crippen molar-refractivity contribution in [2.24, 2.45) is 0 Å². The minimum absolute atomic E-state index is 0.0710. The minimum Gasteiger partial charge on any atom is -0.352 e. The molecule has 2 aromatic rings. The zero-order chi connectivity index (χ0) is 18.4. The van der Waals surface area contributed by atoms with Gasteiger partial charge in [0.15, 0.2) is 5.96 Å². The lowest BCUT2D eigenvalue weighted by Crippen LogP contribution is -2.32. The molecule has 0 spiro atoms. The summed E-state index contributed by atoms with van der Waals surface area (Å²) in [7, 11) is 0. The molecule has 3 N–H and O–H groups in total. The Bertz CT molecular complexity index is 747. The molecule has 0 aromatic heterocycles. The van der Waals surface area contributed by atoms with Gasteiger partial charge in [-0.2, -0.15) is 0 Å². The first kappa shape index (κ1) is 18.0. The van der Waals surface area contributed by atoms with E-state index in [1.807, 2.05) is 17.0 Å². The van der Waals surface area contributed by atoms with Crippen molar-refractivity contribution in [3.63, 3.8) is 0 Å². The molecule has 0 bridgehead atoms. The summed E-state index contributed by atoms with van der Waals surface area (Å²) in [6, 6.07) is 15.6. The van der Waals surface area contributed by atoms with Crippen LogP contribution in [0.25, 0.3) is 0 Å². The largest absolute Gasteiger partial charge is 0.352 e. The van der Waals surface area contributed by atoms with Crippen LogP contribution in [-0.2, 0) is 6.42 Å². The molecule has 136 valence electrons. The Balaban J connectivity index is 1.47. The number of nitrogens with zero attached hydrogens (tertiary/aromatic N) is 1. The highest BCUT2D eigenvalue weighted by Gasteiger charge is 2.15. The van der Waals surface area contributed by atoms with E-state index in [1.54, 1.807) is 12.1 Å². The third-order valence-electron chi connectivity index (χ3n) is 4.65. The zero-order valence-corrected chi connectivity index (χ0v) is 15.2. The molecule has 5 nitrogen and oxygen atoms in total. The van der Waals surface area contributed by atoms with Crippen molar-refractivity contribution in [2.45, 2.75) is 26.2 Å². The highest BCUT2D eigenvalue weighted by Crippen LogP contribution is 2.13. The maximum atomic E-state index is 12.2. The molecule has 0 saturated carbocycles. The van der Waals surface area contributed by atoms with E-state index < -0.39 is 0 Å². The Morgan fingerprint density at radius 2 is 1.69 bits per heavy atom. The normalized spacial score (nSPS) is 13.5. The number of likely N-dealkylation sites (tertiary alicyclic amines) is 1. The third kappa shape index (κ3) is 4.85. The summed E-state index contributed by atoms with van der Waals surface area (Å²) in [4.78, 5) is 14.3. The number of hydrogen-bond donors (Lipinski definition) is 3. The number of hydrogen-bond acceptors (Lipinski definition) is 2. The van der Waals surface area contributed by atoms with Crippen LogP contribution in [0, 0.1) is 12.3 Å². The van der Waals surface area contributed by atoms with Gasteiger partial charge in [-0.15, -0.1) is 0 Å². The van der Waals surface area contributed by atoms with Gasteiger partial charge >= 0.3 is 0 Å². The van der Waals surface area contributed by atoms with Crippen molar-refractivity contribution in [3.8, 4) is 0 Å². The van der Waals surface area contributed by atoms with Gasteiger partial charge in [0.05, 0.1) is 0 Å². The average molecular weight is 350 g/mol. The van der Waals surface area contributed by atoms with Crippen LogP contribution in [0.15, 0.2) is 48.5 Å². The van der Waals surface area contributed by atoms with Crippen molar-refractivity contribution in [3.05, 3.63) is 65.2 Å². The predicted molar refractivity (Wildman–Crippen MR) is 106 cm³/mol. The van der Waals surface area contributed by atoms with Crippen molar-refractivity contribution in [2.75, 3.05) is 25.0 Å². The monoisotopic (exact) mass is 350 g/mol. The van der Waals surface area contributed by atoms with Crippen LogP contribution in [0.3, 0.4) is 0 Å². The summed E-state index contributed by atoms with van der Waals surface area (Å²) in [5.74, 6) is 0.357. The molecule has 2 aromatic carbocycles. The van der Waals surface area contributed by atoms with Gasteiger partial charge in [-0.05, 0) is 56.0 Å². The van der Waals surface area contributed by atoms with E-state index in [1.165, 1.54) is 11.1 Å². The van der Waals surface area contributed by atoms with Crippen molar-refractivity contribution < 1.29 is 4.79 Å². The number of benzene rings is 2. The Kier molecular flexibility index (Phi) is 5.89. The van der Waals surface area contributed by atoms with E-state index in [9.17, 15) is 4.79 Å². The standard InChI is InChI=1S/C21H26N4O/c1-16-4-6-17(7-5-16)12-13-23-20(26)18-8-10-19(11-9-18)24-21(22)25-14-2-3-15-25/h4-11H,2-3,12-15H2,1H3,(H2,22,24)(H,23,26). The number of aryl methyl sites for hydroxylation is 1. The molecule has 1 heterocycles. The Morgan fingerprint density at radius 3 is 2.35 bits per heavy atom. The second-order valence-corrected chi connectivity index (χ2v) is 6.74. The molecule has 1 aliphatic rings. The molecule has 0 aliphatic carbocycles. The number of nitrogens with one attached hydrogen (secondary N) is 3. The fourth-order valence-electron chi connectivity index (χ4n) is 3.04. The Labute approximate surface area is 154 Å². The van der Waals surface area contributed by atoms with Gasteiger partial charge in [0.2, 0.25) is 0 Å². The molecular weight excluding hydrogens is 324 g/mol. The minimum atomic E-state index is -0.0710. The Morgan fingerprint density at radius 1 is 1.04 bits per heavy atom. The summed E-state index contributed by atoms with van der Waals surface area (Å²) >= 11 is 0. The van der Waals surface area contributed by atoms with E-state index >= 15 is 0 Å². The summed E-state index contributed by atoms with van der Waals surface area (Å²) in [6.07, 6.45) is 3.11. The predicted octanol–water partition coefficient (Wildman–Crippen LogP) is 3.41. The maximum absolute atomic E-state index is 12.2. The van der Waals surface area contributed by atoms with Gasteiger partial charge in [0.25, 0.3) is 5.91 Å². The smallest absolute Gasteiger partial charge is 0.251 e. The second-order valence-electron chi connectivity index (χ2n) is 6.74. The van der Waals surface area contributed by atoms with Gasteiger partial charge in [0.1, 0.15) is 0 Å². The van der Waals surface area contributed by atoms with Gasteiger partial charge < -0.3 is 15.5 Å². The van der Waals surface area contributed by atoms with Crippen LogP contribution in [0.4, 0.5) is 5.69 Å². The van der Waals surface area contributed by atoms with E-state index in [2.05, 4.69) is 41.8 Å². The molecule has 1 saturated heterocycles. The summed E-state index contributed by atoms with van der Waals surface area (Å²) in [5.41, 5.74) is 3.92. The van der Waals surface area contributed by atoms with Crippen molar-refractivity contribution in [1.82, 2.24) is 10.2 Å². The van der Waals surface area contributed by atoms with Crippen LogP contribution in [0.1, 0.15) is 34.3 Å². The quantitative estimate of drug-likeness (QED) is 0.572. The van der Waals surface area contributed by atoms with Crippen LogP contribution in [0.5, 0.6) is 0 Å². The molecular formula is C21H26N4O. The Hall–Kier alpha value is -2.82. The number of rotatable bonds is 5. The van der Waals surface area contributed by atoms with E-state index in [4.69, 9.17) is 5.41 Å². The second kappa shape index (κ2) is 8.52. The molecule has 3 rings (SSSR count). The first-order chi connectivity index (χ1) is 12.6. The van der Waals surface area contributed by atoms with Crippen LogP contribution in [0.2, 0.25) is 0 Å². The van der Waals surface area contributed by atoms with E-state index in [-0.39, 0.29) is 5.91 Å². The first-order valence-corrected chi connectivity index (χ1v) is 9.16. The summed E-state index contributed by atoms with van der Waals surface area (Å²) in [6.45, 7) is 4.55.